The number of nitrogens with one attached hydrogen (secondary N) is 1. The standard InChI is InChI=1S/C12H10N2O3S/c13-5-6-17-11(15)7-10-12(16)14-8-3-1-2-4-9(8)18-10/h1-4,10H,6-7H2,(H,14,16)/t10-/m0/s1. The number of hydrogen-bond donors (Lipinski definition) is 1. The van der Waals surface area contributed by atoms with Gasteiger partial charge >= 0.3 is 5.97 Å². The lowest BCUT2D eigenvalue weighted by Crippen LogP contribution is -2.31. The second-order valence-corrected chi connectivity index (χ2v) is 4.86. The Morgan fingerprint density at radius 1 is 1.50 bits per heavy atom. The molecule has 5 nitrogen and oxygen atoms in total. The topological polar surface area (TPSA) is 79.2 Å². The van der Waals surface area contributed by atoms with Gasteiger partial charge in [-0.2, -0.15) is 5.26 Å². The number of carbonyl (C=O) groups excluding carboxylic acids is 2. The summed E-state index contributed by atoms with van der Waals surface area (Å²) in [6.07, 6.45) is -0.0352. The van der Waals surface area contributed by atoms with Gasteiger partial charge in [-0.25, -0.2) is 0 Å². The maximum atomic E-state index is 11.8. The smallest absolute Gasteiger partial charge is 0.308 e. The first-order valence-electron chi connectivity index (χ1n) is 5.30. The van der Waals surface area contributed by atoms with Crippen molar-refractivity contribution in [2.24, 2.45) is 0 Å². The molecule has 0 saturated carbocycles. The summed E-state index contributed by atoms with van der Waals surface area (Å²) in [5.74, 6) is -0.754. The van der Waals surface area contributed by atoms with Gasteiger partial charge in [0.15, 0.2) is 6.61 Å². The van der Waals surface area contributed by atoms with Gasteiger partial charge in [0.1, 0.15) is 6.07 Å². The van der Waals surface area contributed by atoms with Gasteiger partial charge in [0.25, 0.3) is 0 Å². The molecular formula is C12H10N2O3S. The molecule has 0 saturated heterocycles. The minimum absolute atomic E-state index is 0.0352. The van der Waals surface area contributed by atoms with Crippen molar-refractivity contribution in [3.8, 4) is 6.07 Å². The minimum atomic E-state index is -0.538. The third-order valence-electron chi connectivity index (χ3n) is 2.36. The summed E-state index contributed by atoms with van der Waals surface area (Å²) in [5.41, 5.74) is 0.758. The van der Waals surface area contributed by atoms with Gasteiger partial charge in [0, 0.05) is 4.90 Å². The quantitative estimate of drug-likeness (QED) is 0.836. The number of anilines is 1. The third-order valence-corrected chi connectivity index (χ3v) is 3.63. The number of benzene rings is 1. The molecule has 0 fully saturated rings. The number of amides is 1. The van der Waals surface area contributed by atoms with Gasteiger partial charge in [0.2, 0.25) is 5.91 Å². The third kappa shape index (κ3) is 2.81. The number of thioether (sulfide) groups is 1. The highest BCUT2D eigenvalue weighted by molar-refractivity contribution is 8.01. The Morgan fingerprint density at radius 2 is 2.28 bits per heavy atom. The highest BCUT2D eigenvalue weighted by Crippen LogP contribution is 2.36. The molecule has 1 aliphatic rings. The van der Waals surface area contributed by atoms with E-state index >= 15 is 0 Å². The molecule has 0 radical (unpaired) electrons. The second-order valence-electron chi connectivity index (χ2n) is 3.61. The van der Waals surface area contributed by atoms with E-state index in [0.29, 0.717) is 0 Å². The minimum Gasteiger partial charge on any atom is -0.450 e. The lowest BCUT2D eigenvalue weighted by molar-refractivity contribution is -0.143. The number of ether oxygens (including phenoxy) is 1. The second kappa shape index (κ2) is 5.56. The van der Waals surface area contributed by atoms with Crippen LogP contribution < -0.4 is 5.32 Å². The predicted molar refractivity (Wildman–Crippen MR) is 65.9 cm³/mol. The van der Waals surface area contributed by atoms with Crippen LogP contribution in [0.25, 0.3) is 0 Å². The summed E-state index contributed by atoms with van der Waals surface area (Å²) in [6.45, 7) is -0.283. The fraction of sp³-hybridized carbons (Fsp3) is 0.250. The molecule has 1 heterocycles. The number of nitriles is 1. The maximum absolute atomic E-state index is 11.8. The van der Waals surface area contributed by atoms with Crippen molar-refractivity contribution in [1.82, 2.24) is 0 Å². The van der Waals surface area contributed by atoms with E-state index in [1.54, 1.807) is 6.07 Å². The van der Waals surface area contributed by atoms with Crippen LogP contribution in [0.4, 0.5) is 5.69 Å². The van der Waals surface area contributed by atoms with E-state index in [1.165, 1.54) is 11.8 Å². The maximum Gasteiger partial charge on any atom is 0.308 e. The van der Waals surface area contributed by atoms with Gasteiger partial charge < -0.3 is 10.1 Å². The van der Waals surface area contributed by atoms with Gasteiger partial charge in [0.05, 0.1) is 17.4 Å². The molecule has 0 bridgehead atoms. The summed E-state index contributed by atoms with van der Waals surface area (Å²) in [4.78, 5) is 24.0. The number of para-hydroxylation sites is 1. The van der Waals surface area contributed by atoms with Crippen LogP contribution in [0.15, 0.2) is 29.2 Å². The van der Waals surface area contributed by atoms with Crippen molar-refractivity contribution in [1.29, 1.82) is 5.26 Å². The molecule has 1 aromatic rings. The van der Waals surface area contributed by atoms with E-state index in [9.17, 15) is 9.59 Å². The lowest BCUT2D eigenvalue weighted by atomic mass is 10.2. The molecule has 1 aliphatic heterocycles. The normalized spacial score (nSPS) is 17.3. The van der Waals surface area contributed by atoms with Crippen LogP contribution in [0.3, 0.4) is 0 Å². The highest BCUT2D eigenvalue weighted by atomic mass is 32.2. The lowest BCUT2D eigenvalue weighted by Gasteiger charge is -2.23. The molecule has 2 rings (SSSR count). The Hall–Kier alpha value is -2.00. The van der Waals surface area contributed by atoms with E-state index in [1.807, 2.05) is 24.3 Å². The highest BCUT2D eigenvalue weighted by Gasteiger charge is 2.29. The van der Waals surface area contributed by atoms with E-state index in [2.05, 4.69) is 10.1 Å². The van der Waals surface area contributed by atoms with Gasteiger partial charge in [-0.15, -0.1) is 11.8 Å². The average molecular weight is 262 g/mol. The van der Waals surface area contributed by atoms with Crippen molar-refractivity contribution in [2.45, 2.75) is 16.6 Å². The molecular weight excluding hydrogens is 252 g/mol. The van der Waals surface area contributed by atoms with E-state index < -0.39 is 11.2 Å². The molecule has 1 atom stereocenters. The average Bonchev–Trinajstić information content (AvgIpc) is 2.37. The summed E-state index contributed by atoms with van der Waals surface area (Å²) < 4.78 is 4.64. The molecule has 0 aliphatic carbocycles. The monoisotopic (exact) mass is 262 g/mol. The van der Waals surface area contributed by atoms with Crippen LogP contribution in [-0.2, 0) is 14.3 Å². The summed E-state index contributed by atoms with van der Waals surface area (Å²) in [6, 6.07) is 9.11. The Bertz CT molecular complexity index is 524. The van der Waals surface area contributed by atoms with Gasteiger partial charge in [-0.3, -0.25) is 9.59 Å². The van der Waals surface area contributed by atoms with Crippen molar-refractivity contribution in [2.75, 3.05) is 11.9 Å². The van der Waals surface area contributed by atoms with Crippen LogP contribution in [0.1, 0.15) is 6.42 Å². The van der Waals surface area contributed by atoms with Crippen LogP contribution in [0, 0.1) is 11.3 Å². The molecule has 1 N–H and O–H groups in total. The van der Waals surface area contributed by atoms with E-state index in [0.717, 1.165) is 10.6 Å². The molecule has 0 unspecified atom stereocenters. The Labute approximate surface area is 108 Å². The Morgan fingerprint density at radius 3 is 3.06 bits per heavy atom. The van der Waals surface area contributed by atoms with Crippen molar-refractivity contribution < 1.29 is 14.3 Å². The Kier molecular flexibility index (Phi) is 3.85. The Balaban J connectivity index is 2.02. The molecule has 0 spiro atoms. The summed E-state index contributed by atoms with van der Waals surface area (Å²) in [7, 11) is 0. The number of hydrogen-bond acceptors (Lipinski definition) is 5. The van der Waals surface area contributed by atoms with Gasteiger partial charge in [-0.1, -0.05) is 12.1 Å². The van der Waals surface area contributed by atoms with Crippen LogP contribution in [-0.4, -0.2) is 23.7 Å². The van der Waals surface area contributed by atoms with Crippen molar-refractivity contribution >= 4 is 29.3 Å². The molecule has 18 heavy (non-hydrogen) atoms. The summed E-state index contributed by atoms with van der Waals surface area (Å²) in [5, 5.41) is 10.5. The predicted octanol–water partition coefficient (Wildman–Crippen LogP) is 1.56. The fourth-order valence-electron chi connectivity index (χ4n) is 1.55. The van der Waals surface area contributed by atoms with E-state index in [4.69, 9.17) is 5.26 Å². The van der Waals surface area contributed by atoms with Crippen LogP contribution in [0.5, 0.6) is 0 Å². The number of fused-ring (bicyclic) bond motifs is 1. The number of nitrogens with zero attached hydrogens (tertiary/aromatic N) is 1. The molecule has 1 aromatic carbocycles. The molecule has 6 heteroatoms. The molecule has 92 valence electrons. The fourth-order valence-corrected chi connectivity index (χ4v) is 2.65. The number of esters is 1. The number of rotatable bonds is 3. The number of carbonyl (C=O) groups is 2. The first-order valence-corrected chi connectivity index (χ1v) is 6.18. The first kappa shape index (κ1) is 12.5. The zero-order valence-corrected chi connectivity index (χ0v) is 10.2. The van der Waals surface area contributed by atoms with Crippen LogP contribution >= 0.6 is 11.8 Å². The SMILES string of the molecule is N#CCOC(=O)C[C@@H]1Sc2ccccc2NC1=O. The van der Waals surface area contributed by atoms with Gasteiger partial charge in [-0.05, 0) is 12.1 Å². The van der Waals surface area contributed by atoms with Crippen LogP contribution in [0.2, 0.25) is 0 Å². The molecule has 1 amide bonds. The van der Waals surface area contributed by atoms with E-state index in [-0.39, 0.29) is 18.9 Å². The van der Waals surface area contributed by atoms with Crippen molar-refractivity contribution in [3.63, 3.8) is 0 Å². The zero-order chi connectivity index (χ0) is 13.0. The first-order chi connectivity index (χ1) is 8.70. The molecule has 0 aromatic heterocycles. The summed E-state index contributed by atoms with van der Waals surface area (Å²) >= 11 is 1.33. The zero-order valence-electron chi connectivity index (χ0n) is 9.38. The largest absolute Gasteiger partial charge is 0.450 e. The van der Waals surface area contributed by atoms with Crippen molar-refractivity contribution in [3.05, 3.63) is 24.3 Å².